The van der Waals surface area contributed by atoms with Crippen molar-refractivity contribution in [1.82, 2.24) is 0 Å². The number of hydrogen-bond acceptors (Lipinski definition) is 2. The maximum absolute atomic E-state index is 5.89. The zero-order chi connectivity index (χ0) is 9.43. The Morgan fingerprint density at radius 2 is 1.80 bits per heavy atom. The average molecular weight is 253 g/mol. The van der Waals surface area contributed by atoms with E-state index in [1.54, 1.807) is 0 Å². The molecule has 2 aliphatic rings. The van der Waals surface area contributed by atoms with Crippen LogP contribution >= 0.6 is 0 Å². The molecule has 3 heteroatoms. The molecular formula is C12H13CuO2. The zero-order valence-corrected chi connectivity index (χ0v) is 9.33. The second-order valence-electron chi connectivity index (χ2n) is 4.05. The maximum atomic E-state index is 5.89. The topological polar surface area (TPSA) is 18.5 Å². The minimum atomic E-state index is -0.338. The van der Waals surface area contributed by atoms with Crippen LogP contribution in [0.15, 0.2) is 18.2 Å². The van der Waals surface area contributed by atoms with Crippen molar-refractivity contribution in [2.24, 2.45) is 0 Å². The van der Waals surface area contributed by atoms with E-state index in [0.29, 0.717) is 0 Å². The molecule has 0 bridgehead atoms. The fraction of sp³-hybridized carbons (Fsp3) is 0.500. The Hall–Kier alpha value is -0.661. The first-order valence-corrected chi connectivity index (χ1v) is 5.26. The summed E-state index contributed by atoms with van der Waals surface area (Å²) in [5.41, 5.74) is 0. The molecule has 0 amide bonds. The molecule has 1 aliphatic heterocycles. The molecule has 0 unspecified atom stereocenters. The van der Waals surface area contributed by atoms with E-state index in [2.05, 4.69) is 6.07 Å². The van der Waals surface area contributed by atoms with Crippen LogP contribution in [0.5, 0.6) is 11.5 Å². The van der Waals surface area contributed by atoms with E-state index in [9.17, 15) is 0 Å². The zero-order valence-electron chi connectivity index (χ0n) is 8.39. The van der Waals surface area contributed by atoms with Gasteiger partial charge in [-0.15, -0.1) is 12.1 Å². The fourth-order valence-electron chi connectivity index (χ4n) is 2.28. The molecule has 1 fully saturated rings. The monoisotopic (exact) mass is 252 g/mol. The number of benzene rings is 1. The second-order valence-corrected chi connectivity index (χ2v) is 4.05. The normalized spacial score (nSPS) is 21.1. The molecular weight excluding hydrogens is 240 g/mol. The van der Waals surface area contributed by atoms with Crippen LogP contribution in [-0.4, -0.2) is 5.79 Å². The molecule has 0 atom stereocenters. The summed E-state index contributed by atoms with van der Waals surface area (Å²) in [6, 6.07) is 8.66. The van der Waals surface area contributed by atoms with Gasteiger partial charge in [0.25, 0.3) is 0 Å². The Balaban J connectivity index is 0.000000853. The third-order valence-electron chi connectivity index (χ3n) is 3.00. The summed E-state index contributed by atoms with van der Waals surface area (Å²) >= 11 is 0. The number of fused-ring (bicyclic) bond motifs is 1. The van der Waals surface area contributed by atoms with Gasteiger partial charge >= 0.3 is 17.1 Å². The van der Waals surface area contributed by atoms with Gasteiger partial charge in [0.15, 0.2) is 0 Å². The van der Waals surface area contributed by atoms with Crippen molar-refractivity contribution in [1.29, 1.82) is 0 Å². The van der Waals surface area contributed by atoms with E-state index in [4.69, 9.17) is 9.47 Å². The third-order valence-corrected chi connectivity index (χ3v) is 3.00. The minimum Gasteiger partial charge on any atom is -0.511 e. The van der Waals surface area contributed by atoms with Crippen molar-refractivity contribution in [3.8, 4) is 11.5 Å². The standard InChI is InChI=1S/C12H13O2.Cu/c1-4-8-12(9-5-1)13-10-6-2-3-7-11(10)14-12;/h2,6-7H,1,4-5,8-9H2;/q-1;+1. The third kappa shape index (κ3) is 1.86. The smallest absolute Gasteiger partial charge is 0.511 e. The van der Waals surface area contributed by atoms with E-state index in [1.165, 1.54) is 19.3 Å². The van der Waals surface area contributed by atoms with Gasteiger partial charge in [-0.2, -0.15) is 12.1 Å². The molecule has 0 saturated heterocycles. The summed E-state index contributed by atoms with van der Waals surface area (Å²) < 4.78 is 11.8. The number of ether oxygens (including phenoxy) is 2. The molecule has 1 aromatic carbocycles. The molecule has 84 valence electrons. The largest absolute Gasteiger partial charge is 1.00 e. The van der Waals surface area contributed by atoms with Gasteiger partial charge in [-0.1, -0.05) is 6.42 Å². The van der Waals surface area contributed by atoms with E-state index in [-0.39, 0.29) is 22.9 Å². The van der Waals surface area contributed by atoms with Crippen molar-refractivity contribution in [3.05, 3.63) is 24.3 Å². The molecule has 3 rings (SSSR count). The first-order valence-electron chi connectivity index (χ1n) is 5.26. The Morgan fingerprint density at radius 1 is 1.07 bits per heavy atom. The SMILES string of the molecule is [Cu+].[c-]1ccc2c(c1)OC1(CCCCC1)O2. The molecule has 0 N–H and O–H groups in total. The van der Waals surface area contributed by atoms with Crippen LogP contribution in [0.4, 0.5) is 0 Å². The van der Waals surface area contributed by atoms with Crippen molar-refractivity contribution in [3.63, 3.8) is 0 Å². The predicted molar refractivity (Wildman–Crippen MR) is 52.4 cm³/mol. The summed E-state index contributed by atoms with van der Waals surface area (Å²) in [6.45, 7) is 0. The Morgan fingerprint density at radius 3 is 2.53 bits per heavy atom. The van der Waals surface area contributed by atoms with Crippen LogP contribution in [0.2, 0.25) is 0 Å². The van der Waals surface area contributed by atoms with Gasteiger partial charge in [0.05, 0.1) is 11.5 Å². The van der Waals surface area contributed by atoms with Crippen molar-refractivity contribution in [2.45, 2.75) is 37.9 Å². The summed E-state index contributed by atoms with van der Waals surface area (Å²) in [6.07, 6.45) is 5.75. The van der Waals surface area contributed by atoms with Crippen molar-refractivity contribution in [2.75, 3.05) is 0 Å². The second kappa shape index (κ2) is 4.07. The van der Waals surface area contributed by atoms with Gasteiger partial charge in [-0.05, 0) is 12.8 Å². The quantitative estimate of drug-likeness (QED) is 0.522. The van der Waals surface area contributed by atoms with Crippen LogP contribution in [0, 0.1) is 6.07 Å². The van der Waals surface area contributed by atoms with Gasteiger partial charge in [0.1, 0.15) is 0 Å². The van der Waals surface area contributed by atoms with Crippen molar-refractivity contribution >= 4 is 0 Å². The van der Waals surface area contributed by atoms with Gasteiger partial charge in [-0.3, -0.25) is 0 Å². The molecule has 0 radical (unpaired) electrons. The molecule has 1 heterocycles. The van der Waals surface area contributed by atoms with Gasteiger partial charge < -0.3 is 9.47 Å². The van der Waals surface area contributed by atoms with Crippen LogP contribution in [-0.2, 0) is 17.1 Å². The minimum absolute atomic E-state index is 0. The summed E-state index contributed by atoms with van der Waals surface area (Å²) in [7, 11) is 0. The average Bonchev–Trinajstić information content (AvgIpc) is 2.56. The van der Waals surface area contributed by atoms with Crippen molar-refractivity contribution < 1.29 is 26.5 Å². The van der Waals surface area contributed by atoms with Crippen LogP contribution in [0.3, 0.4) is 0 Å². The van der Waals surface area contributed by atoms with E-state index < -0.39 is 0 Å². The Kier molecular flexibility index (Phi) is 2.94. The first-order chi connectivity index (χ1) is 6.88. The number of rotatable bonds is 0. The molecule has 1 spiro atoms. The summed E-state index contributed by atoms with van der Waals surface area (Å²) in [5, 5.41) is 0. The molecule has 1 aromatic rings. The molecule has 2 nitrogen and oxygen atoms in total. The number of hydrogen-bond donors (Lipinski definition) is 0. The van der Waals surface area contributed by atoms with E-state index >= 15 is 0 Å². The molecule has 15 heavy (non-hydrogen) atoms. The fourth-order valence-corrected chi connectivity index (χ4v) is 2.28. The van der Waals surface area contributed by atoms with Gasteiger partial charge in [0, 0.05) is 12.8 Å². The molecule has 1 aliphatic carbocycles. The van der Waals surface area contributed by atoms with Gasteiger partial charge in [-0.25, -0.2) is 0 Å². The Labute approximate surface area is 100 Å². The summed E-state index contributed by atoms with van der Waals surface area (Å²) in [4.78, 5) is 0. The Bertz CT molecular complexity index is 318. The van der Waals surface area contributed by atoms with E-state index in [0.717, 1.165) is 24.3 Å². The summed E-state index contributed by atoms with van der Waals surface area (Å²) in [5.74, 6) is 1.40. The first kappa shape index (κ1) is 10.8. The van der Waals surface area contributed by atoms with Crippen LogP contribution < -0.4 is 9.47 Å². The van der Waals surface area contributed by atoms with Crippen LogP contribution in [0.25, 0.3) is 0 Å². The van der Waals surface area contributed by atoms with Gasteiger partial charge in [0.2, 0.25) is 5.79 Å². The van der Waals surface area contributed by atoms with Crippen LogP contribution in [0.1, 0.15) is 32.1 Å². The molecule has 0 aromatic heterocycles. The maximum Gasteiger partial charge on any atom is 1.00 e. The molecule has 1 saturated carbocycles. The van der Waals surface area contributed by atoms with E-state index in [1.807, 2.05) is 18.2 Å². The predicted octanol–water partition coefficient (Wildman–Crippen LogP) is 2.92.